The number of carbonyl (C=O) groups excluding carboxylic acids is 2. The molecule has 6 heteroatoms. The van der Waals surface area contributed by atoms with Crippen molar-refractivity contribution in [1.29, 1.82) is 0 Å². The van der Waals surface area contributed by atoms with Crippen molar-refractivity contribution in [1.82, 2.24) is 10.2 Å². The van der Waals surface area contributed by atoms with Gasteiger partial charge in [-0.15, -0.1) is 0 Å². The summed E-state index contributed by atoms with van der Waals surface area (Å²) in [6.45, 7) is 9.07. The molecule has 2 unspecified atom stereocenters. The third-order valence-electron chi connectivity index (χ3n) is 4.52. The number of amides is 1. The molecule has 1 amide bonds. The Morgan fingerprint density at radius 2 is 1.88 bits per heavy atom. The SMILES string of the molecule is CCN(C(=O)OC(C)(C)C)C1CCNC(c2ccc(C(=O)OC)cc2)C1. The van der Waals surface area contributed by atoms with E-state index >= 15 is 0 Å². The highest BCUT2D eigenvalue weighted by molar-refractivity contribution is 5.89. The van der Waals surface area contributed by atoms with Crippen molar-refractivity contribution in [2.75, 3.05) is 20.2 Å². The first kappa shape index (κ1) is 20.2. The van der Waals surface area contributed by atoms with Gasteiger partial charge in [-0.05, 0) is 64.8 Å². The minimum Gasteiger partial charge on any atom is -0.465 e. The van der Waals surface area contributed by atoms with Crippen molar-refractivity contribution in [3.8, 4) is 0 Å². The van der Waals surface area contributed by atoms with Gasteiger partial charge in [0.25, 0.3) is 0 Å². The van der Waals surface area contributed by atoms with Gasteiger partial charge in [0, 0.05) is 18.6 Å². The molecule has 0 aliphatic carbocycles. The van der Waals surface area contributed by atoms with Crippen molar-refractivity contribution in [3.05, 3.63) is 35.4 Å². The van der Waals surface area contributed by atoms with Crippen LogP contribution in [0.15, 0.2) is 24.3 Å². The van der Waals surface area contributed by atoms with E-state index < -0.39 is 5.60 Å². The highest BCUT2D eigenvalue weighted by atomic mass is 16.6. The van der Waals surface area contributed by atoms with Crippen LogP contribution in [0.1, 0.15) is 62.5 Å². The molecule has 2 atom stereocenters. The van der Waals surface area contributed by atoms with E-state index in [-0.39, 0.29) is 24.1 Å². The summed E-state index contributed by atoms with van der Waals surface area (Å²) in [5, 5.41) is 3.50. The molecular formula is C20H30N2O4. The first-order chi connectivity index (χ1) is 12.2. The number of methoxy groups -OCH3 is 1. The van der Waals surface area contributed by atoms with E-state index in [0.717, 1.165) is 24.9 Å². The predicted molar refractivity (Wildman–Crippen MR) is 100 cm³/mol. The molecule has 1 aromatic rings. The van der Waals surface area contributed by atoms with Crippen LogP contribution < -0.4 is 5.32 Å². The molecule has 1 aromatic carbocycles. The Bertz CT molecular complexity index is 622. The van der Waals surface area contributed by atoms with Crippen LogP contribution in [-0.4, -0.2) is 48.8 Å². The number of piperidine rings is 1. The Kier molecular flexibility index (Phi) is 6.64. The number of benzene rings is 1. The number of carbonyl (C=O) groups is 2. The Hall–Kier alpha value is -2.08. The molecule has 1 N–H and O–H groups in total. The second kappa shape index (κ2) is 8.54. The molecule has 1 aliphatic heterocycles. The van der Waals surface area contributed by atoms with E-state index in [0.29, 0.717) is 12.1 Å². The van der Waals surface area contributed by atoms with Crippen molar-refractivity contribution < 1.29 is 19.1 Å². The molecule has 1 fully saturated rings. The Morgan fingerprint density at radius 3 is 2.42 bits per heavy atom. The summed E-state index contributed by atoms with van der Waals surface area (Å²) >= 11 is 0. The molecular weight excluding hydrogens is 332 g/mol. The molecule has 2 rings (SSSR count). The molecule has 0 spiro atoms. The number of esters is 1. The number of hydrogen-bond donors (Lipinski definition) is 1. The Labute approximate surface area is 155 Å². The summed E-state index contributed by atoms with van der Waals surface area (Å²) in [6, 6.07) is 7.69. The van der Waals surface area contributed by atoms with E-state index in [1.165, 1.54) is 7.11 Å². The monoisotopic (exact) mass is 362 g/mol. The van der Waals surface area contributed by atoms with Crippen LogP contribution in [0.25, 0.3) is 0 Å². The number of rotatable bonds is 4. The molecule has 6 nitrogen and oxygen atoms in total. The smallest absolute Gasteiger partial charge is 0.410 e. The summed E-state index contributed by atoms with van der Waals surface area (Å²) in [5.41, 5.74) is 1.13. The number of ether oxygens (including phenoxy) is 2. The van der Waals surface area contributed by atoms with Crippen LogP contribution in [0.3, 0.4) is 0 Å². The van der Waals surface area contributed by atoms with Gasteiger partial charge in [-0.3, -0.25) is 0 Å². The fourth-order valence-corrected chi connectivity index (χ4v) is 3.26. The van der Waals surface area contributed by atoms with Gasteiger partial charge in [0.05, 0.1) is 12.7 Å². The van der Waals surface area contributed by atoms with Crippen molar-refractivity contribution in [3.63, 3.8) is 0 Å². The van der Waals surface area contributed by atoms with Crippen LogP contribution in [0, 0.1) is 0 Å². The molecule has 0 bridgehead atoms. The largest absolute Gasteiger partial charge is 0.465 e. The van der Waals surface area contributed by atoms with E-state index in [4.69, 9.17) is 9.47 Å². The van der Waals surface area contributed by atoms with Gasteiger partial charge in [-0.2, -0.15) is 0 Å². The van der Waals surface area contributed by atoms with E-state index in [1.807, 2.05) is 44.7 Å². The lowest BCUT2D eigenvalue weighted by Gasteiger charge is -2.38. The maximum Gasteiger partial charge on any atom is 0.410 e. The summed E-state index contributed by atoms with van der Waals surface area (Å²) in [6.07, 6.45) is 1.45. The van der Waals surface area contributed by atoms with Crippen LogP contribution in [0.4, 0.5) is 4.79 Å². The van der Waals surface area contributed by atoms with Gasteiger partial charge >= 0.3 is 12.1 Å². The van der Waals surface area contributed by atoms with Crippen LogP contribution >= 0.6 is 0 Å². The minimum atomic E-state index is -0.499. The zero-order valence-electron chi connectivity index (χ0n) is 16.4. The Morgan fingerprint density at radius 1 is 1.23 bits per heavy atom. The van der Waals surface area contributed by atoms with Gasteiger partial charge in [0.15, 0.2) is 0 Å². The lowest BCUT2D eigenvalue weighted by molar-refractivity contribution is 0.0124. The van der Waals surface area contributed by atoms with Crippen LogP contribution in [0.5, 0.6) is 0 Å². The lowest BCUT2D eigenvalue weighted by atomic mass is 9.92. The van der Waals surface area contributed by atoms with Crippen molar-refractivity contribution >= 4 is 12.1 Å². The molecule has 1 heterocycles. The van der Waals surface area contributed by atoms with E-state index in [1.54, 1.807) is 12.1 Å². The van der Waals surface area contributed by atoms with Gasteiger partial charge in [-0.25, -0.2) is 9.59 Å². The molecule has 0 saturated carbocycles. The average molecular weight is 362 g/mol. The van der Waals surface area contributed by atoms with Crippen molar-refractivity contribution in [2.24, 2.45) is 0 Å². The highest BCUT2D eigenvalue weighted by Crippen LogP contribution is 2.27. The van der Waals surface area contributed by atoms with E-state index in [9.17, 15) is 9.59 Å². The molecule has 0 aromatic heterocycles. The maximum atomic E-state index is 12.5. The number of nitrogens with one attached hydrogen (secondary N) is 1. The maximum absolute atomic E-state index is 12.5. The summed E-state index contributed by atoms with van der Waals surface area (Å²) in [7, 11) is 1.37. The van der Waals surface area contributed by atoms with Crippen LogP contribution in [-0.2, 0) is 9.47 Å². The molecule has 1 aliphatic rings. The fourth-order valence-electron chi connectivity index (χ4n) is 3.26. The third-order valence-corrected chi connectivity index (χ3v) is 4.52. The first-order valence-corrected chi connectivity index (χ1v) is 9.16. The first-order valence-electron chi connectivity index (χ1n) is 9.16. The topological polar surface area (TPSA) is 67.9 Å². The second-order valence-corrected chi connectivity index (χ2v) is 7.56. The minimum absolute atomic E-state index is 0.126. The molecule has 0 radical (unpaired) electrons. The standard InChI is InChI=1S/C20H30N2O4/c1-6-22(19(24)26-20(2,3)4)16-11-12-21-17(13-16)14-7-9-15(10-8-14)18(23)25-5/h7-10,16-17,21H,6,11-13H2,1-5H3. The zero-order valence-corrected chi connectivity index (χ0v) is 16.4. The van der Waals surface area contributed by atoms with Crippen molar-refractivity contribution in [2.45, 2.75) is 58.2 Å². The number of hydrogen-bond acceptors (Lipinski definition) is 5. The molecule has 144 valence electrons. The van der Waals surface area contributed by atoms with Gasteiger partial charge < -0.3 is 19.7 Å². The summed E-state index contributed by atoms with van der Waals surface area (Å²) in [5.74, 6) is -0.340. The lowest BCUT2D eigenvalue weighted by Crippen LogP contribution is -2.48. The normalized spacial score (nSPS) is 20.3. The molecule has 1 saturated heterocycles. The zero-order chi connectivity index (χ0) is 19.3. The van der Waals surface area contributed by atoms with Crippen LogP contribution in [0.2, 0.25) is 0 Å². The second-order valence-electron chi connectivity index (χ2n) is 7.56. The molecule has 26 heavy (non-hydrogen) atoms. The predicted octanol–water partition coefficient (Wildman–Crippen LogP) is 3.52. The van der Waals surface area contributed by atoms with Gasteiger partial charge in [0.2, 0.25) is 0 Å². The third kappa shape index (κ3) is 5.21. The van der Waals surface area contributed by atoms with Gasteiger partial charge in [-0.1, -0.05) is 12.1 Å². The quantitative estimate of drug-likeness (QED) is 0.830. The van der Waals surface area contributed by atoms with E-state index in [2.05, 4.69) is 5.32 Å². The summed E-state index contributed by atoms with van der Waals surface area (Å²) in [4.78, 5) is 25.9. The average Bonchev–Trinajstić information content (AvgIpc) is 2.60. The fraction of sp³-hybridized carbons (Fsp3) is 0.600. The number of nitrogens with zero attached hydrogens (tertiary/aromatic N) is 1. The summed E-state index contributed by atoms with van der Waals surface area (Å²) < 4.78 is 10.3. The Balaban J connectivity index is 2.07. The highest BCUT2D eigenvalue weighted by Gasteiger charge is 2.31. The van der Waals surface area contributed by atoms with Gasteiger partial charge in [0.1, 0.15) is 5.60 Å².